The van der Waals surface area contributed by atoms with Gasteiger partial charge in [0.1, 0.15) is 0 Å². The number of hydrogen-bond donors (Lipinski definition) is 2. The molecule has 0 amide bonds. The van der Waals surface area contributed by atoms with Crippen molar-refractivity contribution in [2.45, 2.75) is 78.3 Å². The first-order chi connectivity index (χ1) is 9.92. The summed E-state index contributed by atoms with van der Waals surface area (Å²) in [6.45, 7) is 15.0. The van der Waals surface area contributed by atoms with Crippen molar-refractivity contribution < 1.29 is 5.11 Å². The third-order valence-electron chi connectivity index (χ3n) is 4.94. The molecule has 3 heteroatoms. The van der Waals surface area contributed by atoms with Gasteiger partial charge in [0.2, 0.25) is 0 Å². The van der Waals surface area contributed by atoms with Crippen LogP contribution < -0.4 is 5.32 Å². The average molecular weight is 299 g/mol. The van der Waals surface area contributed by atoms with Gasteiger partial charge in [0, 0.05) is 11.6 Å². The van der Waals surface area contributed by atoms with E-state index in [-0.39, 0.29) is 12.1 Å². The molecule has 0 aromatic carbocycles. The summed E-state index contributed by atoms with van der Waals surface area (Å²) in [5.74, 6) is 1.54. The van der Waals surface area contributed by atoms with E-state index in [4.69, 9.17) is 0 Å². The Labute approximate surface area is 132 Å². The van der Waals surface area contributed by atoms with E-state index in [0.717, 1.165) is 31.2 Å². The molecule has 21 heavy (non-hydrogen) atoms. The quantitative estimate of drug-likeness (QED) is 0.650. The van der Waals surface area contributed by atoms with E-state index in [1.807, 2.05) is 0 Å². The molecule has 0 heterocycles. The van der Waals surface area contributed by atoms with Crippen molar-refractivity contribution in [1.82, 2.24) is 10.2 Å². The molecule has 0 radical (unpaired) electrons. The smallest absolute Gasteiger partial charge is 0.0613 e. The van der Waals surface area contributed by atoms with Crippen LogP contribution in [0.25, 0.3) is 0 Å². The van der Waals surface area contributed by atoms with Crippen LogP contribution in [0.5, 0.6) is 0 Å². The lowest BCUT2D eigenvalue weighted by Crippen LogP contribution is -2.48. The highest BCUT2D eigenvalue weighted by Crippen LogP contribution is 2.33. The summed E-state index contributed by atoms with van der Waals surface area (Å²) in [4.78, 5) is 2.70. The van der Waals surface area contributed by atoms with Crippen LogP contribution in [0.3, 0.4) is 0 Å². The minimum atomic E-state index is -0.0205. The van der Waals surface area contributed by atoms with Crippen molar-refractivity contribution in [2.75, 3.05) is 26.2 Å². The highest BCUT2D eigenvalue weighted by Gasteiger charge is 2.40. The molecule has 2 atom stereocenters. The van der Waals surface area contributed by atoms with E-state index < -0.39 is 0 Å². The molecule has 0 aliphatic heterocycles. The molecule has 3 nitrogen and oxygen atoms in total. The Morgan fingerprint density at radius 1 is 1.14 bits per heavy atom. The Morgan fingerprint density at radius 3 is 2.14 bits per heavy atom. The Kier molecular flexibility index (Phi) is 8.22. The van der Waals surface area contributed by atoms with Crippen molar-refractivity contribution in [2.24, 2.45) is 11.8 Å². The third kappa shape index (κ3) is 6.25. The molecule has 1 aliphatic rings. The van der Waals surface area contributed by atoms with Gasteiger partial charge in [-0.2, -0.15) is 0 Å². The molecule has 1 rings (SSSR count). The maximum atomic E-state index is 9.80. The zero-order valence-electron chi connectivity index (χ0n) is 15.0. The lowest BCUT2D eigenvalue weighted by molar-refractivity contribution is 0.137. The second kappa shape index (κ2) is 9.12. The summed E-state index contributed by atoms with van der Waals surface area (Å²) in [5, 5.41) is 13.3. The molecule has 2 N–H and O–H groups in total. The SMILES string of the molecule is CCNC1(CO)CCC(N(CCC(C)C)CCC(C)C)C1. The fourth-order valence-electron chi connectivity index (χ4n) is 3.47. The number of rotatable bonds is 10. The number of likely N-dealkylation sites (N-methyl/N-ethyl adjacent to an activating group) is 1. The molecule has 0 saturated heterocycles. The Balaban J connectivity index is 2.61. The lowest BCUT2D eigenvalue weighted by atomic mass is 9.98. The second-order valence-electron chi connectivity index (χ2n) is 7.77. The summed E-state index contributed by atoms with van der Waals surface area (Å²) in [5.41, 5.74) is -0.0205. The van der Waals surface area contributed by atoms with E-state index in [1.54, 1.807) is 0 Å². The van der Waals surface area contributed by atoms with E-state index in [2.05, 4.69) is 44.8 Å². The fourth-order valence-corrected chi connectivity index (χ4v) is 3.47. The number of nitrogens with one attached hydrogen (secondary N) is 1. The maximum absolute atomic E-state index is 9.80. The Hall–Kier alpha value is -0.120. The predicted octanol–water partition coefficient (Wildman–Crippen LogP) is 3.27. The number of aliphatic hydroxyl groups excluding tert-OH is 1. The van der Waals surface area contributed by atoms with Gasteiger partial charge < -0.3 is 15.3 Å². The van der Waals surface area contributed by atoms with Gasteiger partial charge in [-0.25, -0.2) is 0 Å². The first kappa shape index (κ1) is 18.9. The maximum Gasteiger partial charge on any atom is 0.0613 e. The van der Waals surface area contributed by atoms with Gasteiger partial charge in [-0.05, 0) is 63.6 Å². The topological polar surface area (TPSA) is 35.5 Å². The van der Waals surface area contributed by atoms with Crippen LogP contribution in [0.2, 0.25) is 0 Å². The molecule has 1 saturated carbocycles. The van der Waals surface area contributed by atoms with Crippen LogP contribution in [0.1, 0.15) is 66.7 Å². The molecular formula is C18H38N2O. The van der Waals surface area contributed by atoms with Crippen LogP contribution in [0, 0.1) is 11.8 Å². The standard InChI is InChI=1S/C18H38N2O/c1-6-19-18(14-21)10-7-17(13-18)20(11-8-15(2)3)12-9-16(4)5/h15-17,19,21H,6-14H2,1-5H3. The molecule has 2 unspecified atom stereocenters. The van der Waals surface area contributed by atoms with Crippen LogP contribution >= 0.6 is 0 Å². The van der Waals surface area contributed by atoms with Crippen molar-refractivity contribution in [3.8, 4) is 0 Å². The van der Waals surface area contributed by atoms with Crippen molar-refractivity contribution in [3.63, 3.8) is 0 Å². The Bertz CT molecular complexity index is 268. The van der Waals surface area contributed by atoms with Crippen molar-refractivity contribution >= 4 is 0 Å². The zero-order chi connectivity index (χ0) is 15.9. The third-order valence-corrected chi connectivity index (χ3v) is 4.94. The summed E-state index contributed by atoms with van der Waals surface area (Å²) >= 11 is 0. The van der Waals surface area contributed by atoms with Gasteiger partial charge in [-0.15, -0.1) is 0 Å². The van der Waals surface area contributed by atoms with E-state index in [9.17, 15) is 5.11 Å². The van der Waals surface area contributed by atoms with Crippen molar-refractivity contribution in [3.05, 3.63) is 0 Å². The molecule has 0 aromatic rings. The monoisotopic (exact) mass is 298 g/mol. The molecule has 0 bridgehead atoms. The highest BCUT2D eigenvalue weighted by molar-refractivity contribution is 4.99. The number of nitrogens with zero attached hydrogens (tertiary/aromatic N) is 1. The van der Waals surface area contributed by atoms with Crippen molar-refractivity contribution in [1.29, 1.82) is 0 Å². The van der Waals surface area contributed by atoms with Gasteiger partial charge in [0.25, 0.3) is 0 Å². The minimum Gasteiger partial charge on any atom is -0.394 e. The second-order valence-corrected chi connectivity index (χ2v) is 7.77. The largest absolute Gasteiger partial charge is 0.394 e. The summed E-state index contributed by atoms with van der Waals surface area (Å²) in [6.07, 6.45) is 6.00. The highest BCUT2D eigenvalue weighted by atomic mass is 16.3. The van der Waals surface area contributed by atoms with E-state index in [1.165, 1.54) is 32.4 Å². The van der Waals surface area contributed by atoms with Crippen LogP contribution in [-0.2, 0) is 0 Å². The number of hydrogen-bond acceptors (Lipinski definition) is 3. The summed E-state index contributed by atoms with van der Waals surface area (Å²) in [7, 11) is 0. The molecule has 0 spiro atoms. The first-order valence-electron chi connectivity index (χ1n) is 9.02. The predicted molar refractivity (Wildman–Crippen MR) is 91.6 cm³/mol. The van der Waals surface area contributed by atoms with Crippen LogP contribution in [0.4, 0.5) is 0 Å². The lowest BCUT2D eigenvalue weighted by Gasteiger charge is -2.33. The molecule has 1 aliphatic carbocycles. The average Bonchev–Trinajstić information content (AvgIpc) is 2.83. The van der Waals surface area contributed by atoms with Gasteiger partial charge in [-0.1, -0.05) is 34.6 Å². The van der Waals surface area contributed by atoms with Gasteiger partial charge >= 0.3 is 0 Å². The minimum absolute atomic E-state index is 0.0205. The molecule has 0 aromatic heterocycles. The molecular weight excluding hydrogens is 260 g/mol. The first-order valence-corrected chi connectivity index (χ1v) is 9.02. The normalized spacial score (nSPS) is 26.4. The zero-order valence-corrected chi connectivity index (χ0v) is 15.0. The Morgan fingerprint density at radius 2 is 1.71 bits per heavy atom. The number of aliphatic hydroxyl groups is 1. The summed E-state index contributed by atoms with van der Waals surface area (Å²) in [6, 6.07) is 0.647. The fraction of sp³-hybridized carbons (Fsp3) is 1.00. The molecule has 126 valence electrons. The van der Waals surface area contributed by atoms with Gasteiger partial charge in [0.05, 0.1) is 6.61 Å². The van der Waals surface area contributed by atoms with Gasteiger partial charge in [-0.3, -0.25) is 0 Å². The van der Waals surface area contributed by atoms with Crippen LogP contribution in [-0.4, -0.2) is 47.8 Å². The molecule has 1 fully saturated rings. The van der Waals surface area contributed by atoms with Crippen LogP contribution in [0.15, 0.2) is 0 Å². The van der Waals surface area contributed by atoms with E-state index in [0.29, 0.717) is 6.04 Å². The van der Waals surface area contributed by atoms with Gasteiger partial charge in [0.15, 0.2) is 0 Å². The summed E-state index contributed by atoms with van der Waals surface area (Å²) < 4.78 is 0. The van der Waals surface area contributed by atoms with E-state index >= 15 is 0 Å².